The second-order valence-electron chi connectivity index (χ2n) is 6.11. The van der Waals surface area contributed by atoms with Gasteiger partial charge in [-0.1, -0.05) is 17.5 Å². The smallest absolute Gasteiger partial charge is 0.410 e. The third-order valence-corrected chi connectivity index (χ3v) is 3.37. The van der Waals surface area contributed by atoms with E-state index in [2.05, 4.69) is 10.9 Å². The zero-order chi connectivity index (χ0) is 16.3. The Labute approximate surface area is 135 Å². The van der Waals surface area contributed by atoms with Crippen LogP contribution in [-0.4, -0.2) is 40.8 Å². The van der Waals surface area contributed by atoms with Gasteiger partial charge in [0.25, 0.3) is 0 Å². The molecule has 1 fully saturated rings. The van der Waals surface area contributed by atoms with Crippen LogP contribution in [-0.2, 0) is 4.74 Å². The first-order valence-corrected chi connectivity index (χ1v) is 7.43. The van der Waals surface area contributed by atoms with Crippen molar-refractivity contribution in [3.63, 3.8) is 0 Å². The summed E-state index contributed by atoms with van der Waals surface area (Å²) in [7, 11) is 0. The van der Waals surface area contributed by atoms with Crippen molar-refractivity contribution in [3.05, 3.63) is 23.0 Å². The molecule has 1 aliphatic heterocycles. The third kappa shape index (κ3) is 4.28. The fourth-order valence-corrected chi connectivity index (χ4v) is 2.26. The molecule has 0 bridgehead atoms. The third-order valence-electron chi connectivity index (χ3n) is 3.07. The number of carbonyl (C=O) groups is 1. The quantitative estimate of drug-likeness (QED) is 0.620. The number of pyridine rings is 1. The van der Waals surface area contributed by atoms with Crippen LogP contribution in [0.25, 0.3) is 0 Å². The first-order valence-electron chi connectivity index (χ1n) is 7.05. The van der Waals surface area contributed by atoms with Crippen molar-refractivity contribution in [3.8, 4) is 18.1 Å². The molecule has 1 aromatic heterocycles. The summed E-state index contributed by atoms with van der Waals surface area (Å²) < 4.78 is 11.2. The molecule has 0 saturated carbocycles. The molecule has 1 aromatic rings. The lowest BCUT2D eigenvalue weighted by Crippen LogP contribution is -2.36. The Morgan fingerprint density at radius 2 is 2.27 bits per heavy atom. The molecule has 1 amide bonds. The monoisotopic (exact) mass is 322 g/mol. The van der Waals surface area contributed by atoms with Gasteiger partial charge in [-0.3, -0.25) is 0 Å². The normalized spacial score (nSPS) is 18.0. The highest BCUT2D eigenvalue weighted by atomic mass is 35.5. The Morgan fingerprint density at radius 1 is 1.55 bits per heavy atom. The van der Waals surface area contributed by atoms with E-state index in [4.69, 9.17) is 27.5 Å². The predicted molar refractivity (Wildman–Crippen MR) is 84.0 cm³/mol. The van der Waals surface area contributed by atoms with Gasteiger partial charge in [-0.05, 0) is 20.8 Å². The van der Waals surface area contributed by atoms with Crippen LogP contribution in [0.5, 0.6) is 5.75 Å². The standard InChI is InChI=1S/C16H19ClN2O3/c1-5-11-8-13(9-18-14(11)17)21-12-6-7-19(10-12)15(20)22-16(2,3)4/h1,8-9,12H,6-7,10H2,2-4H3/t12-/m1/s1. The van der Waals surface area contributed by atoms with E-state index in [0.29, 0.717) is 24.4 Å². The number of amides is 1. The SMILES string of the molecule is C#Cc1cc(O[C@@H]2CCN(C(=O)OC(C)(C)C)C2)cnc1Cl. The second-order valence-corrected chi connectivity index (χ2v) is 6.47. The minimum Gasteiger partial charge on any atom is -0.487 e. The van der Waals surface area contributed by atoms with E-state index < -0.39 is 5.60 Å². The average molecular weight is 323 g/mol. The van der Waals surface area contributed by atoms with Gasteiger partial charge >= 0.3 is 6.09 Å². The topological polar surface area (TPSA) is 51.7 Å². The summed E-state index contributed by atoms with van der Waals surface area (Å²) in [6.45, 7) is 6.60. The Balaban J connectivity index is 1.94. The molecule has 22 heavy (non-hydrogen) atoms. The summed E-state index contributed by atoms with van der Waals surface area (Å²) in [4.78, 5) is 17.6. The van der Waals surface area contributed by atoms with Crippen LogP contribution < -0.4 is 4.74 Å². The Morgan fingerprint density at radius 3 is 2.91 bits per heavy atom. The summed E-state index contributed by atoms with van der Waals surface area (Å²) >= 11 is 5.86. The number of halogens is 1. The molecule has 1 saturated heterocycles. The van der Waals surface area contributed by atoms with E-state index >= 15 is 0 Å². The number of hydrogen-bond donors (Lipinski definition) is 0. The molecule has 0 spiro atoms. The van der Waals surface area contributed by atoms with E-state index in [1.807, 2.05) is 20.8 Å². The number of rotatable bonds is 2. The van der Waals surface area contributed by atoms with Crippen molar-refractivity contribution >= 4 is 17.7 Å². The van der Waals surface area contributed by atoms with E-state index in [1.165, 1.54) is 6.20 Å². The van der Waals surface area contributed by atoms with Gasteiger partial charge in [-0.2, -0.15) is 0 Å². The van der Waals surface area contributed by atoms with Crippen molar-refractivity contribution < 1.29 is 14.3 Å². The molecular weight excluding hydrogens is 304 g/mol. The number of terminal acetylenes is 1. The predicted octanol–water partition coefficient (Wildman–Crippen LogP) is 3.10. The Bertz CT molecular complexity index is 604. The lowest BCUT2D eigenvalue weighted by molar-refractivity contribution is 0.0275. The molecule has 118 valence electrons. The van der Waals surface area contributed by atoms with Gasteiger partial charge in [0.1, 0.15) is 22.6 Å². The van der Waals surface area contributed by atoms with Crippen molar-refractivity contribution in [2.24, 2.45) is 0 Å². The highest BCUT2D eigenvalue weighted by Gasteiger charge is 2.30. The number of carbonyl (C=O) groups excluding carboxylic acids is 1. The highest BCUT2D eigenvalue weighted by Crippen LogP contribution is 2.23. The lowest BCUT2D eigenvalue weighted by atomic mass is 10.2. The van der Waals surface area contributed by atoms with Crippen LogP contribution >= 0.6 is 11.6 Å². The summed E-state index contributed by atoms with van der Waals surface area (Å²) in [5.41, 5.74) is -0.0150. The van der Waals surface area contributed by atoms with Gasteiger partial charge in [0, 0.05) is 19.0 Å². The second kappa shape index (κ2) is 6.45. The molecule has 5 nitrogen and oxygen atoms in total. The fraction of sp³-hybridized carbons (Fsp3) is 0.500. The first kappa shape index (κ1) is 16.4. The molecule has 0 unspecified atom stereocenters. The molecule has 0 radical (unpaired) electrons. The highest BCUT2D eigenvalue weighted by molar-refractivity contribution is 6.30. The van der Waals surface area contributed by atoms with E-state index in [0.717, 1.165) is 6.42 Å². The minimum atomic E-state index is -0.502. The number of ether oxygens (including phenoxy) is 2. The molecule has 1 aliphatic rings. The summed E-state index contributed by atoms with van der Waals surface area (Å²) in [5.74, 6) is 3.00. The summed E-state index contributed by atoms with van der Waals surface area (Å²) in [6.07, 6.45) is 7.17. The maximum absolute atomic E-state index is 12.0. The average Bonchev–Trinajstić information content (AvgIpc) is 2.87. The van der Waals surface area contributed by atoms with Crippen LogP contribution in [0.15, 0.2) is 12.3 Å². The molecule has 6 heteroatoms. The van der Waals surface area contributed by atoms with Crippen LogP contribution in [0.2, 0.25) is 5.15 Å². The zero-order valence-corrected chi connectivity index (χ0v) is 13.7. The Kier molecular flexibility index (Phi) is 4.82. The van der Waals surface area contributed by atoms with Crippen molar-refractivity contribution in [1.82, 2.24) is 9.88 Å². The molecule has 2 heterocycles. The fourth-order valence-electron chi connectivity index (χ4n) is 2.10. The number of hydrogen-bond acceptors (Lipinski definition) is 4. The van der Waals surface area contributed by atoms with Gasteiger partial charge in [0.05, 0.1) is 18.3 Å². The maximum atomic E-state index is 12.0. The number of nitrogens with zero attached hydrogens (tertiary/aromatic N) is 2. The maximum Gasteiger partial charge on any atom is 0.410 e. The summed E-state index contributed by atoms with van der Waals surface area (Å²) in [5, 5.41) is 0.275. The molecule has 0 aliphatic carbocycles. The van der Waals surface area contributed by atoms with Gasteiger partial charge < -0.3 is 14.4 Å². The van der Waals surface area contributed by atoms with Crippen LogP contribution in [0.1, 0.15) is 32.8 Å². The number of aromatic nitrogens is 1. The van der Waals surface area contributed by atoms with E-state index in [-0.39, 0.29) is 17.4 Å². The summed E-state index contributed by atoms with van der Waals surface area (Å²) in [6, 6.07) is 1.67. The van der Waals surface area contributed by atoms with Crippen molar-refractivity contribution in [2.75, 3.05) is 13.1 Å². The zero-order valence-electron chi connectivity index (χ0n) is 12.9. The molecule has 1 atom stereocenters. The van der Waals surface area contributed by atoms with Gasteiger partial charge in [0.15, 0.2) is 0 Å². The molecule has 0 aromatic carbocycles. The van der Waals surface area contributed by atoms with Crippen LogP contribution in [0.3, 0.4) is 0 Å². The van der Waals surface area contributed by atoms with Gasteiger partial charge in [-0.15, -0.1) is 6.42 Å². The van der Waals surface area contributed by atoms with Gasteiger partial charge in [-0.25, -0.2) is 9.78 Å². The molecule has 0 N–H and O–H groups in total. The molecular formula is C16H19ClN2O3. The van der Waals surface area contributed by atoms with E-state index in [9.17, 15) is 4.79 Å². The molecule has 2 rings (SSSR count). The van der Waals surface area contributed by atoms with Crippen LogP contribution in [0, 0.1) is 12.3 Å². The van der Waals surface area contributed by atoms with Gasteiger partial charge in [0.2, 0.25) is 0 Å². The largest absolute Gasteiger partial charge is 0.487 e. The lowest BCUT2D eigenvalue weighted by Gasteiger charge is -2.24. The minimum absolute atomic E-state index is 0.110. The van der Waals surface area contributed by atoms with Crippen molar-refractivity contribution in [2.45, 2.75) is 38.9 Å². The Hall–Kier alpha value is -1.93. The van der Waals surface area contributed by atoms with Crippen molar-refractivity contribution in [1.29, 1.82) is 0 Å². The van der Waals surface area contributed by atoms with E-state index in [1.54, 1.807) is 11.0 Å². The van der Waals surface area contributed by atoms with Crippen LogP contribution in [0.4, 0.5) is 4.79 Å². The first-order chi connectivity index (χ1) is 10.3. The number of likely N-dealkylation sites (tertiary alicyclic amines) is 1.